The van der Waals surface area contributed by atoms with E-state index in [1.54, 1.807) is 17.4 Å². The van der Waals surface area contributed by atoms with Crippen LogP contribution in [0.1, 0.15) is 41.5 Å². The molecule has 2 aromatic rings. The minimum Gasteiger partial charge on any atom is -0.207 e. The number of hydrogen-bond donors (Lipinski definition) is 0. The van der Waals surface area contributed by atoms with Crippen LogP contribution in [-0.2, 0) is 5.41 Å². The van der Waals surface area contributed by atoms with Crippen molar-refractivity contribution in [3.63, 3.8) is 0 Å². The van der Waals surface area contributed by atoms with E-state index in [4.69, 9.17) is 11.6 Å². The molecule has 102 valence electrons. The number of halogens is 3. The van der Waals surface area contributed by atoms with Crippen LogP contribution in [0.5, 0.6) is 0 Å². The van der Waals surface area contributed by atoms with Crippen LogP contribution >= 0.6 is 38.9 Å². The average Bonchev–Trinajstić information content (AvgIpc) is 2.80. The minimum absolute atomic E-state index is 0.110. The Balaban J connectivity index is 2.36. The first-order chi connectivity index (χ1) is 8.79. The third-order valence-corrected chi connectivity index (χ3v) is 5.74. The molecule has 0 radical (unpaired) electrons. The fourth-order valence-corrected chi connectivity index (χ4v) is 3.81. The third-order valence-electron chi connectivity index (χ3n) is 2.85. The molecule has 1 atom stereocenters. The number of thiophene rings is 1. The van der Waals surface area contributed by atoms with Gasteiger partial charge in [-0.15, -0.1) is 22.9 Å². The van der Waals surface area contributed by atoms with Crippen molar-refractivity contribution in [1.29, 1.82) is 0 Å². The molecule has 0 bridgehead atoms. The molecule has 0 amide bonds. The molecule has 4 heteroatoms. The van der Waals surface area contributed by atoms with Gasteiger partial charge in [-0.1, -0.05) is 36.7 Å². The van der Waals surface area contributed by atoms with Gasteiger partial charge in [0.25, 0.3) is 0 Å². The van der Waals surface area contributed by atoms with Gasteiger partial charge < -0.3 is 0 Å². The molecule has 0 aliphatic carbocycles. The second kappa shape index (κ2) is 5.55. The quantitative estimate of drug-likeness (QED) is 0.552. The van der Waals surface area contributed by atoms with Gasteiger partial charge in [-0.2, -0.15) is 0 Å². The zero-order valence-electron chi connectivity index (χ0n) is 11.0. The summed E-state index contributed by atoms with van der Waals surface area (Å²) in [6.07, 6.45) is 0. The van der Waals surface area contributed by atoms with Gasteiger partial charge in [0.2, 0.25) is 0 Å². The van der Waals surface area contributed by atoms with E-state index >= 15 is 0 Å². The van der Waals surface area contributed by atoms with E-state index in [-0.39, 0.29) is 16.6 Å². The molecule has 19 heavy (non-hydrogen) atoms. The van der Waals surface area contributed by atoms with Crippen LogP contribution in [0.2, 0.25) is 0 Å². The zero-order chi connectivity index (χ0) is 14.2. The molecule has 1 unspecified atom stereocenters. The van der Waals surface area contributed by atoms with E-state index in [0.717, 1.165) is 14.9 Å². The maximum Gasteiger partial charge on any atom is 0.123 e. The van der Waals surface area contributed by atoms with Gasteiger partial charge in [-0.3, -0.25) is 0 Å². The molecule has 1 heterocycles. The summed E-state index contributed by atoms with van der Waals surface area (Å²) in [7, 11) is 0. The van der Waals surface area contributed by atoms with Crippen molar-refractivity contribution in [1.82, 2.24) is 0 Å². The molecule has 1 aromatic heterocycles. The lowest BCUT2D eigenvalue weighted by Gasteiger charge is -2.16. The van der Waals surface area contributed by atoms with Gasteiger partial charge in [-0.05, 0) is 41.3 Å². The SMILES string of the molecule is CC(C)(C)c1ccc(C(Cl)c2cc(F)ccc2Br)s1. The molecule has 0 saturated carbocycles. The Morgan fingerprint density at radius 2 is 1.89 bits per heavy atom. The van der Waals surface area contributed by atoms with E-state index in [1.165, 1.54) is 17.0 Å². The monoisotopic (exact) mass is 360 g/mol. The summed E-state index contributed by atoms with van der Waals surface area (Å²) in [5.41, 5.74) is 0.877. The highest BCUT2D eigenvalue weighted by Crippen LogP contribution is 2.40. The topological polar surface area (TPSA) is 0 Å². The highest BCUT2D eigenvalue weighted by Gasteiger charge is 2.21. The highest BCUT2D eigenvalue weighted by atomic mass is 79.9. The molecule has 0 spiro atoms. The van der Waals surface area contributed by atoms with Crippen LogP contribution in [0.25, 0.3) is 0 Å². The molecule has 0 N–H and O–H groups in total. The third kappa shape index (κ3) is 3.39. The molecular formula is C15H15BrClFS. The van der Waals surface area contributed by atoms with Gasteiger partial charge in [0.05, 0.1) is 5.38 Å². The number of alkyl halides is 1. The molecule has 1 aromatic carbocycles. The van der Waals surface area contributed by atoms with E-state index in [0.29, 0.717) is 0 Å². The van der Waals surface area contributed by atoms with Crippen molar-refractivity contribution >= 4 is 38.9 Å². The maximum atomic E-state index is 13.3. The Morgan fingerprint density at radius 3 is 2.47 bits per heavy atom. The van der Waals surface area contributed by atoms with Gasteiger partial charge >= 0.3 is 0 Å². The molecule has 0 fully saturated rings. The lowest BCUT2D eigenvalue weighted by Crippen LogP contribution is -2.07. The Kier molecular flexibility index (Phi) is 4.38. The summed E-state index contributed by atoms with van der Waals surface area (Å²) < 4.78 is 14.2. The van der Waals surface area contributed by atoms with Crippen LogP contribution in [0.3, 0.4) is 0 Å². The molecular weight excluding hydrogens is 347 g/mol. The van der Waals surface area contributed by atoms with Crippen LogP contribution in [0.15, 0.2) is 34.8 Å². The predicted octanol–water partition coefficient (Wildman–Crippen LogP) is 6.28. The summed E-state index contributed by atoms with van der Waals surface area (Å²) in [6, 6.07) is 8.73. The van der Waals surface area contributed by atoms with Crippen molar-refractivity contribution in [2.45, 2.75) is 31.6 Å². The van der Waals surface area contributed by atoms with E-state index < -0.39 is 0 Å². The zero-order valence-corrected chi connectivity index (χ0v) is 14.2. The average molecular weight is 362 g/mol. The standard InChI is InChI=1S/C15H15BrClFS/c1-15(2,3)13-7-6-12(19-13)14(17)10-8-9(18)4-5-11(10)16/h4-8,14H,1-3H3. The lowest BCUT2D eigenvalue weighted by atomic mass is 9.95. The van der Waals surface area contributed by atoms with E-state index in [2.05, 4.69) is 42.8 Å². The Morgan fingerprint density at radius 1 is 1.21 bits per heavy atom. The lowest BCUT2D eigenvalue weighted by molar-refractivity contribution is 0.604. The minimum atomic E-state index is -0.328. The normalized spacial score (nSPS) is 13.6. The van der Waals surface area contributed by atoms with Crippen molar-refractivity contribution in [3.05, 3.63) is 55.9 Å². The van der Waals surface area contributed by atoms with Gasteiger partial charge in [0, 0.05) is 14.2 Å². The number of benzene rings is 1. The van der Waals surface area contributed by atoms with Crippen LogP contribution in [0, 0.1) is 5.82 Å². The Hall–Kier alpha value is -0.380. The molecule has 2 rings (SSSR count). The van der Waals surface area contributed by atoms with Crippen molar-refractivity contribution in [3.8, 4) is 0 Å². The van der Waals surface area contributed by atoms with E-state index in [9.17, 15) is 4.39 Å². The first-order valence-electron chi connectivity index (χ1n) is 5.98. The van der Waals surface area contributed by atoms with Crippen LogP contribution in [-0.4, -0.2) is 0 Å². The molecule has 0 nitrogen and oxygen atoms in total. The summed E-state index contributed by atoms with van der Waals surface area (Å²) in [6.45, 7) is 6.51. The summed E-state index contributed by atoms with van der Waals surface area (Å²) in [4.78, 5) is 2.32. The Labute approximate surface area is 130 Å². The molecule has 0 aliphatic heterocycles. The van der Waals surface area contributed by atoms with Crippen molar-refractivity contribution < 1.29 is 4.39 Å². The second-order valence-electron chi connectivity index (χ2n) is 5.48. The van der Waals surface area contributed by atoms with Crippen LogP contribution in [0.4, 0.5) is 4.39 Å². The molecule has 0 aliphatic rings. The smallest absolute Gasteiger partial charge is 0.123 e. The van der Waals surface area contributed by atoms with Gasteiger partial charge in [-0.25, -0.2) is 4.39 Å². The summed E-state index contributed by atoms with van der Waals surface area (Å²) in [5.74, 6) is -0.267. The summed E-state index contributed by atoms with van der Waals surface area (Å²) >= 11 is 11.6. The second-order valence-corrected chi connectivity index (χ2v) is 7.89. The fourth-order valence-electron chi connectivity index (χ4n) is 1.75. The first-order valence-corrected chi connectivity index (χ1v) is 8.03. The van der Waals surface area contributed by atoms with E-state index in [1.807, 2.05) is 6.07 Å². The fraction of sp³-hybridized carbons (Fsp3) is 0.333. The van der Waals surface area contributed by atoms with Crippen molar-refractivity contribution in [2.24, 2.45) is 0 Å². The maximum absolute atomic E-state index is 13.3. The predicted molar refractivity (Wildman–Crippen MR) is 84.8 cm³/mol. The largest absolute Gasteiger partial charge is 0.207 e. The number of hydrogen-bond acceptors (Lipinski definition) is 1. The Bertz CT molecular complexity index is 586. The number of rotatable bonds is 2. The van der Waals surface area contributed by atoms with Gasteiger partial charge in [0.1, 0.15) is 5.82 Å². The highest BCUT2D eigenvalue weighted by molar-refractivity contribution is 9.10. The van der Waals surface area contributed by atoms with Gasteiger partial charge in [0.15, 0.2) is 0 Å². The van der Waals surface area contributed by atoms with Crippen LogP contribution < -0.4 is 0 Å². The first kappa shape index (κ1) is 15.0. The van der Waals surface area contributed by atoms with Crippen molar-refractivity contribution in [2.75, 3.05) is 0 Å². The molecule has 0 saturated heterocycles. The summed E-state index contributed by atoms with van der Waals surface area (Å²) in [5, 5.41) is -0.328.